The minimum absolute atomic E-state index is 0.0445. The van der Waals surface area contributed by atoms with Crippen molar-refractivity contribution in [3.8, 4) is 5.40 Å². The molecule has 2 aromatic rings. The van der Waals surface area contributed by atoms with Crippen LogP contribution < -0.4 is 5.32 Å². The molecule has 0 fully saturated rings. The lowest BCUT2D eigenvalue weighted by molar-refractivity contribution is -0.117. The van der Waals surface area contributed by atoms with Crippen molar-refractivity contribution in [2.45, 2.75) is 17.7 Å². The lowest BCUT2D eigenvalue weighted by atomic mass is 10.0. The molecule has 0 saturated carbocycles. The molecule has 100 valence electrons. The molecule has 0 bridgehead atoms. The van der Waals surface area contributed by atoms with E-state index < -0.39 is 0 Å². The van der Waals surface area contributed by atoms with E-state index in [9.17, 15) is 4.79 Å². The number of amides is 1. The van der Waals surface area contributed by atoms with Gasteiger partial charge in [-0.1, -0.05) is 30.3 Å². The second-order valence-corrected chi connectivity index (χ2v) is 5.20. The highest BCUT2D eigenvalue weighted by Crippen LogP contribution is 2.21. The van der Waals surface area contributed by atoms with E-state index in [1.165, 1.54) is 0 Å². The molecule has 0 saturated heterocycles. The first-order valence-corrected chi connectivity index (χ1v) is 7.04. The molecule has 1 unspecified atom stereocenters. The van der Waals surface area contributed by atoms with Crippen molar-refractivity contribution < 1.29 is 4.79 Å². The Morgan fingerprint density at radius 3 is 2.40 bits per heavy atom. The van der Waals surface area contributed by atoms with Gasteiger partial charge < -0.3 is 5.32 Å². The van der Waals surface area contributed by atoms with Crippen LogP contribution in [0, 0.1) is 10.7 Å². The van der Waals surface area contributed by atoms with Gasteiger partial charge in [0.25, 0.3) is 0 Å². The Bertz CT molecular complexity index is 617. The molecule has 1 atom stereocenters. The van der Waals surface area contributed by atoms with Crippen LogP contribution in [0.3, 0.4) is 0 Å². The molecule has 2 aromatic carbocycles. The molecular formula is C16H14N2OS. The summed E-state index contributed by atoms with van der Waals surface area (Å²) in [5, 5.41) is 13.5. The minimum atomic E-state index is -0.204. The molecule has 1 amide bonds. The number of rotatable bonds is 4. The third kappa shape index (κ3) is 3.62. The van der Waals surface area contributed by atoms with Crippen LogP contribution in [0.1, 0.15) is 18.4 Å². The zero-order valence-electron chi connectivity index (χ0n) is 11.0. The Hall–Kier alpha value is -2.25. The molecule has 0 heterocycles. The first kappa shape index (κ1) is 14.2. The van der Waals surface area contributed by atoms with Crippen LogP contribution in [0.15, 0.2) is 59.5 Å². The number of hydrogen-bond donors (Lipinski definition) is 1. The number of nitrogens with one attached hydrogen (secondary N) is 1. The lowest BCUT2D eigenvalue weighted by Crippen LogP contribution is -2.18. The van der Waals surface area contributed by atoms with Gasteiger partial charge in [0.1, 0.15) is 5.40 Å². The predicted molar refractivity (Wildman–Crippen MR) is 81.4 cm³/mol. The number of anilines is 1. The highest BCUT2D eigenvalue weighted by Gasteiger charge is 2.14. The largest absolute Gasteiger partial charge is 0.326 e. The third-order valence-corrected chi connectivity index (χ3v) is 3.58. The molecule has 0 aliphatic carbocycles. The number of thiocyanates is 1. The Balaban J connectivity index is 2.03. The van der Waals surface area contributed by atoms with E-state index in [1.54, 1.807) is 12.1 Å². The van der Waals surface area contributed by atoms with Crippen molar-refractivity contribution >= 4 is 23.4 Å². The SMILES string of the molecule is CC(C(=O)Nc1ccc(SC#N)cc1)c1ccccc1. The van der Waals surface area contributed by atoms with Gasteiger partial charge in [-0.3, -0.25) is 4.79 Å². The summed E-state index contributed by atoms with van der Waals surface area (Å²) in [5.74, 6) is -0.249. The summed E-state index contributed by atoms with van der Waals surface area (Å²) in [4.78, 5) is 13.0. The number of thioether (sulfide) groups is 1. The van der Waals surface area contributed by atoms with Crippen molar-refractivity contribution in [2.24, 2.45) is 0 Å². The highest BCUT2D eigenvalue weighted by molar-refractivity contribution is 8.03. The first-order chi connectivity index (χ1) is 9.70. The normalized spacial score (nSPS) is 11.4. The average Bonchev–Trinajstić information content (AvgIpc) is 2.49. The lowest BCUT2D eigenvalue weighted by Gasteiger charge is -2.12. The smallest absolute Gasteiger partial charge is 0.231 e. The van der Waals surface area contributed by atoms with Gasteiger partial charge in [0.2, 0.25) is 5.91 Å². The molecule has 20 heavy (non-hydrogen) atoms. The van der Waals surface area contributed by atoms with E-state index in [0.29, 0.717) is 0 Å². The van der Waals surface area contributed by atoms with Crippen LogP contribution in [0.4, 0.5) is 5.69 Å². The number of nitriles is 1. The number of nitrogens with zero attached hydrogens (tertiary/aromatic N) is 1. The molecule has 4 heteroatoms. The third-order valence-electron chi connectivity index (χ3n) is 2.98. The van der Waals surface area contributed by atoms with Gasteiger partial charge in [-0.2, -0.15) is 5.26 Å². The van der Waals surface area contributed by atoms with Crippen molar-refractivity contribution in [3.63, 3.8) is 0 Å². The molecule has 2 rings (SSSR count). The van der Waals surface area contributed by atoms with Crippen molar-refractivity contribution in [2.75, 3.05) is 5.32 Å². The molecule has 3 nitrogen and oxygen atoms in total. The zero-order valence-corrected chi connectivity index (χ0v) is 11.9. The number of carbonyl (C=O) groups is 1. The maximum absolute atomic E-state index is 12.2. The molecule has 0 radical (unpaired) electrons. The van der Waals surface area contributed by atoms with E-state index in [1.807, 2.05) is 54.8 Å². The molecule has 0 spiro atoms. The summed E-state index contributed by atoms with van der Waals surface area (Å²) in [7, 11) is 0. The molecule has 0 aromatic heterocycles. The molecule has 0 aliphatic heterocycles. The first-order valence-electron chi connectivity index (χ1n) is 6.22. The van der Waals surface area contributed by atoms with Gasteiger partial charge in [0, 0.05) is 10.6 Å². The fourth-order valence-corrected chi connectivity index (χ4v) is 2.18. The van der Waals surface area contributed by atoms with Crippen LogP contribution in [-0.2, 0) is 4.79 Å². The van der Waals surface area contributed by atoms with Crippen molar-refractivity contribution in [1.82, 2.24) is 0 Å². The average molecular weight is 282 g/mol. The van der Waals surface area contributed by atoms with Gasteiger partial charge in [-0.05, 0) is 48.5 Å². The summed E-state index contributed by atoms with van der Waals surface area (Å²) in [6.45, 7) is 1.88. The fraction of sp³-hybridized carbons (Fsp3) is 0.125. The van der Waals surface area contributed by atoms with E-state index >= 15 is 0 Å². The van der Waals surface area contributed by atoms with Gasteiger partial charge >= 0.3 is 0 Å². The Morgan fingerprint density at radius 1 is 1.15 bits per heavy atom. The van der Waals surface area contributed by atoms with Crippen LogP contribution in [0.2, 0.25) is 0 Å². The highest BCUT2D eigenvalue weighted by atomic mass is 32.2. The Labute approximate surface area is 122 Å². The maximum Gasteiger partial charge on any atom is 0.231 e. The number of carbonyl (C=O) groups excluding carboxylic acids is 1. The van der Waals surface area contributed by atoms with Gasteiger partial charge in [-0.25, -0.2) is 0 Å². The zero-order chi connectivity index (χ0) is 14.4. The Morgan fingerprint density at radius 2 is 1.80 bits per heavy atom. The maximum atomic E-state index is 12.2. The topological polar surface area (TPSA) is 52.9 Å². The standard InChI is InChI=1S/C16H14N2OS/c1-12(13-5-3-2-4-6-13)16(19)18-14-7-9-15(10-8-14)20-11-17/h2-10,12H,1H3,(H,18,19). The Kier molecular flexibility index (Phi) is 4.80. The minimum Gasteiger partial charge on any atom is -0.326 e. The van der Waals surface area contributed by atoms with Gasteiger partial charge in [0.15, 0.2) is 0 Å². The summed E-state index contributed by atoms with van der Waals surface area (Å²) >= 11 is 1.10. The quantitative estimate of drug-likeness (QED) is 0.681. The fourth-order valence-electron chi connectivity index (χ4n) is 1.80. The van der Waals surface area contributed by atoms with E-state index in [0.717, 1.165) is 27.9 Å². The van der Waals surface area contributed by atoms with E-state index in [2.05, 4.69) is 5.32 Å². The van der Waals surface area contributed by atoms with Crippen LogP contribution in [0.5, 0.6) is 0 Å². The number of benzene rings is 2. The molecular weight excluding hydrogens is 268 g/mol. The predicted octanol–water partition coefficient (Wildman–Crippen LogP) is 4.00. The van der Waals surface area contributed by atoms with Gasteiger partial charge in [0.05, 0.1) is 5.92 Å². The van der Waals surface area contributed by atoms with Crippen LogP contribution >= 0.6 is 11.8 Å². The summed E-state index contributed by atoms with van der Waals surface area (Å²) in [6, 6.07) is 16.9. The second kappa shape index (κ2) is 6.78. The monoisotopic (exact) mass is 282 g/mol. The van der Waals surface area contributed by atoms with Crippen molar-refractivity contribution in [1.29, 1.82) is 5.26 Å². The summed E-state index contributed by atoms with van der Waals surface area (Å²) in [6.07, 6.45) is 0. The van der Waals surface area contributed by atoms with E-state index in [-0.39, 0.29) is 11.8 Å². The molecule has 1 N–H and O–H groups in total. The molecule has 0 aliphatic rings. The van der Waals surface area contributed by atoms with Crippen LogP contribution in [-0.4, -0.2) is 5.91 Å². The van der Waals surface area contributed by atoms with Crippen LogP contribution in [0.25, 0.3) is 0 Å². The summed E-state index contributed by atoms with van der Waals surface area (Å²) < 4.78 is 0. The second-order valence-electron chi connectivity index (χ2n) is 4.34. The summed E-state index contributed by atoms with van der Waals surface area (Å²) in [5.41, 5.74) is 1.72. The van der Waals surface area contributed by atoms with Crippen molar-refractivity contribution in [3.05, 3.63) is 60.2 Å². The number of hydrogen-bond acceptors (Lipinski definition) is 3. The van der Waals surface area contributed by atoms with E-state index in [4.69, 9.17) is 5.26 Å². The van der Waals surface area contributed by atoms with Gasteiger partial charge in [-0.15, -0.1) is 0 Å².